The second kappa shape index (κ2) is 6.31. The van der Waals surface area contributed by atoms with Crippen LogP contribution in [0.3, 0.4) is 0 Å². The van der Waals surface area contributed by atoms with E-state index >= 15 is 0 Å². The fourth-order valence-corrected chi connectivity index (χ4v) is 3.54. The first-order chi connectivity index (χ1) is 10.6. The van der Waals surface area contributed by atoms with Crippen LogP contribution in [-0.2, 0) is 16.6 Å². The van der Waals surface area contributed by atoms with E-state index in [0.29, 0.717) is 12.1 Å². The Balaban J connectivity index is 1.58. The Labute approximate surface area is 132 Å². The summed E-state index contributed by atoms with van der Waals surface area (Å²) in [4.78, 5) is 27.2. The Morgan fingerprint density at radius 2 is 2.36 bits per heavy atom. The fourth-order valence-electron chi connectivity index (χ4n) is 2.66. The number of aromatic nitrogens is 2. The van der Waals surface area contributed by atoms with Gasteiger partial charge >= 0.3 is 5.97 Å². The van der Waals surface area contributed by atoms with Gasteiger partial charge in [-0.25, -0.2) is 4.79 Å². The largest absolute Gasteiger partial charge is 0.452 e. The Kier molecular flexibility index (Phi) is 4.24. The number of likely N-dealkylation sites (tertiary alicyclic amines) is 1. The third-order valence-corrected chi connectivity index (χ3v) is 4.69. The van der Waals surface area contributed by atoms with Crippen LogP contribution in [-0.4, -0.2) is 39.7 Å². The predicted molar refractivity (Wildman–Crippen MR) is 81.5 cm³/mol. The molecular weight excluding hydrogens is 302 g/mol. The molecule has 2 aromatic heterocycles. The van der Waals surface area contributed by atoms with Gasteiger partial charge in [0, 0.05) is 24.7 Å². The highest BCUT2D eigenvalue weighted by molar-refractivity contribution is 7.10. The monoisotopic (exact) mass is 319 g/mol. The average molecular weight is 319 g/mol. The predicted octanol–water partition coefficient (Wildman–Crippen LogP) is 2.00. The molecule has 3 rings (SSSR count). The SMILES string of the molecule is Cn1cc(C(=O)OCC(=O)N2CCC[C@H]2c2cccs2)cn1. The molecule has 116 valence electrons. The molecule has 1 amide bonds. The number of hydrogen-bond donors (Lipinski definition) is 0. The van der Waals surface area contributed by atoms with Crippen molar-refractivity contribution in [2.75, 3.05) is 13.2 Å². The summed E-state index contributed by atoms with van der Waals surface area (Å²) in [5.41, 5.74) is 0.353. The van der Waals surface area contributed by atoms with E-state index in [9.17, 15) is 9.59 Å². The number of hydrogen-bond acceptors (Lipinski definition) is 5. The van der Waals surface area contributed by atoms with Gasteiger partial charge in [-0.2, -0.15) is 5.10 Å². The fraction of sp³-hybridized carbons (Fsp3) is 0.400. The number of carbonyl (C=O) groups excluding carboxylic acids is 2. The molecule has 0 aromatic carbocycles. The smallest absolute Gasteiger partial charge is 0.341 e. The topological polar surface area (TPSA) is 64.4 Å². The van der Waals surface area contributed by atoms with Gasteiger partial charge in [0.2, 0.25) is 0 Å². The third-order valence-electron chi connectivity index (χ3n) is 3.71. The molecule has 0 saturated carbocycles. The van der Waals surface area contributed by atoms with Crippen molar-refractivity contribution >= 4 is 23.2 Å². The van der Waals surface area contributed by atoms with Crippen LogP contribution in [0.1, 0.15) is 34.1 Å². The summed E-state index contributed by atoms with van der Waals surface area (Å²) >= 11 is 1.65. The average Bonchev–Trinajstić information content (AvgIpc) is 3.23. The van der Waals surface area contributed by atoms with E-state index in [0.717, 1.165) is 12.8 Å². The van der Waals surface area contributed by atoms with Crippen molar-refractivity contribution in [1.29, 1.82) is 0 Å². The minimum Gasteiger partial charge on any atom is -0.452 e. The molecule has 0 unspecified atom stereocenters. The number of ether oxygens (including phenoxy) is 1. The van der Waals surface area contributed by atoms with Crippen LogP contribution >= 0.6 is 11.3 Å². The zero-order chi connectivity index (χ0) is 15.5. The highest BCUT2D eigenvalue weighted by atomic mass is 32.1. The lowest BCUT2D eigenvalue weighted by Gasteiger charge is -2.23. The standard InChI is InChI=1S/C15H17N3O3S/c1-17-9-11(8-16-17)15(20)21-10-14(19)18-6-2-4-12(18)13-5-3-7-22-13/h3,5,7-9,12H,2,4,6,10H2,1H3/t12-/m0/s1. The van der Waals surface area contributed by atoms with Crippen molar-refractivity contribution in [3.05, 3.63) is 40.3 Å². The van der Waals surface area contributed by atoms with E-state index in [1.165, 1.54) is 15.8 Å². The maximum absolute atomic E-state index is 12.3. The lowest BCUT2D eigenvalue weighted by atomic mass is 10.2. The first-order valence-corrected chi connectivity index (χ1v) is 8.02. The van der Waals surface area contributed by atoms with Gasteiger partial charge in [-0.05, 0) is 24.3 Å². The normalized spacial score (nSPS) is 17.7. The molecular formula is C15H17N3O3S. The summed E-state index contributed by atoms with van der Waals surface area (Å²) in [6.45, 7) is 0.488. The van der Waals surface area contributed by atoms with Crippen molar-refractivity contribution in [2.45, 2.75) is 18.9 Å². The van der Waals surface area contributed by atoms with E-state index in [4.69, 9.17) is 4.74 Å². The number of carbonyl (C=O) groups is 2. The van der Waals surface area contributed by atoms with Gasteiger partial charge in [0.25, 0.3) is 5.91 Å². The molecule has 1 fully saturated rings. The molecule has 1 aliphatic heterocycles. The molecule has 0 spiro atoms. The van der Waals surface area contributed by atoms with Crippen LogP contribution in [0, 0.1) is 0 Å². The van der Waals surface area contributed by atoms with Gasteiger partial charge in [-0.1, -0.05) is 6.07 Å². The Morgan fingerprint density at radius 1 is 1.50 bits per heavy atom. The summed E-state index contributed by atoms with van der Waals surface area (Å²) in [7, 11) is 1.72. The first kappa shape index (κ1) is 14.8. The maximum atomic E-state index is 12.3. The van der Waals surface area contributed by atoms with Gasteiger partial charge in [0.05, 0.1) is 17.8 Å². The minimum atomic E-state index is -0.520. The van der Waals surface area contributed by atoms with E-state index in [2.05, 4.69) is 5.10 Å². The lowest BCUT2D eigenvalue weighted by molar-refractivity contribution is -0.135. The van der Waals surface area contributed by atoms with Gasteiger partial charge in [-0.3, -0.25) is 9.48 Å². The molecule has 1 saturated heterocycles. The third kappa shape index (κ3) is 3.04. The lowest BCUT2D eigenvalue weighted by Crippen LogP contribution is -2.34. The molecule has 0 radical (unpaired) electrons. The molecule has 1 aliphatic rings. The number of thiophene rings is 1. The summed E-state index contributed by atoms with van der Waals surface area (Å²) in [5, 5.41) is 5.92. The molecule has 1 atom stereocenters. The minimum absolute atomic E-state index is 0.115. The molecule has 0 N–H and O–H groups in total. The second-order valence-electron chi connectivity index (χ2n) is 5.24. The van der Waals surface area contributed by atoms with Crippen molar-refractivity contribution in [1.82, 2.24) is 14.7 Å². The highest BCUT2D eigenvalue weighted by Gasteiger charge is 2.31. The molecule has 22 heavy (non-hydrogen) atoms. The summed E-state index contributed by atoms with van der Waals surface area (Å²) in [5.74, 6) is -0.665. The Hall–Kier alpha value is -2.15. The molecule has 0 bridgehead atoms. The molecule has 7 heteroatoms. The molecule has 2 aromatic rings. The van der Waals surface area contributed by atoms with E-state index in [-0.39, 0.29) is 18.6 Å². The van der Waals surface area contributed by atoms with Crippen LogP contribution in [0.2, 0.25) is 0 Å². The molecule has 6 nitrogen and oxygen atoms in total. The van der Waals surface area contributed by atoms with E-state index in [1.54, 1.807) is 24.6 Å². The zero-order valence-electron chi connectivity index (χ0n) is 12.3. The number of aryl methyl sites for hydroxylation is 1. The van der Waals surface area contributed by atoms with Gasteiger partial charge in [-0.15, -0.1) is 11.3 Å². The summed E-state index contributed by atoms with van der Waals surface area (Å²) < 4.78 is 6.62. The van der Waals surface area contributed by atoms with Crippen LogP contribution in [0.4, 0.5) is 0 Å². The molecule has 3 heterocycles. The number of esters is 1. The number of rotatable bonds is 4. The van der Waals surface area contributed by atoms with Gasteiger partial charge in [0.15, 0.2) is 6.61 Å². The number of nitrogens with zero attached hydrogens (tertiary/aromatic N) is 3. The summed E-state index contributed by atoms with van der Waals surface area (Å²) in [6.07, 6.45) is 4.93. The quantitative estimate of drug-likeness (QED) is 0.809. The zero-order valence-corrected chi connectivity index (χ0v) is 13.1. The van der Waals surface area contributed by atoms with Crippen molar-refractivity contribution in [2.24, 2.45) is 7.05 Å². The van der Waals surface area contributed by atoms with Crippen molar-refractivity contribution in [3.8, 4) is 0 Å². The Bertz CT molecular complexity index is 665. The van der Waals surface area contributed by atoms with Crippen LogP contribution in [0.15, 0.2) is 29.9 Å². The van der Waals surface area contributed by atoms with Gasteiger partial charge < -0.3 is 9.64 Å². The molecule has 0 aliphatic carbocycles. The highest BCUT2D eigenvalue weighted by Crippen LogP contribution is 2.34. The van der Waals surface area contributed by atoms with Crippen molar-refractivity contribution < 1.29 is 14.3 Å². The van der Waals surface area contributed by atoms with Crippen LogP contribution < -0.4 is 0 Å². The first-order valence-electron chi connectivity index (χ1n) is 7.14. The Morgan fingerprint density at radius 3 is 3.05 bits per heavy atom. The second-order valence-corrected chi connectivity index (χ2v) is 6.22. The number of amides is 1. The summed E-state index contributed by atoms with van der Waals surface area (Å²) in [6, 6.07) is 4.15. The maximum Gasteiger partial charge on any atom is 0.341 e. The van der Waals surface area contributed by atoms with E-state index in [1.807, 2.05) is 22.4 Å². The van der Waals surface area contributed by atoms with Crippen LogP contribution in [0.5, 0.6) is 0 Å². The van der Waals surface area contributed by atoms with Gasteiger partial charge in [0.1, 0.15) is 0 Å². The van der Waals surface area contributed by atoms with E-state index < -0.39 is 5.97 Å². The van der Waals surface area contributed by atoms with Crippen molar-refractivity contribution in [3.63, 3.8) is 0 Å². The van der Waals surface area contributed by atoms with Crippen LogP contribution in [0.25, 0.3) is 0 Å².